The van der Waals surface area contributed by atoms with E-state index in [9.17, 15) is 9.18 Å². The molecule has 0 radical (unpaired) electrons. The van der Waals surface area contributed by atoms with Crippen molar-refractivity contribution in [1.82, 2.24) is 0 Å². The molecule has 108 valence electrons. The van der Waals surface area contributed by atoms with Crippen LogP contribution in [0.1, 0.15) is 19.4 Å². The molecule has 0 saturated carbocycles. The number of para-hydroxylation sites is 1. The summed E-state index contributed by atoms with van der Waals surface area (Å²) in [7, 11) is 0. The third-order valence-corrected chi connectivity index (χ3v) is 2.68. The van der Waals surface area contributed by atoms with Crippen molar-refractivity contribution in [1.29, 1.82) is 0 Å². The van der Waals surface area contributed by atoms with Crippen molar-refractivity contribution < 1.29 is 18.7 Å². The van der Waals surface area contributed by atoms with Crippen LogP contribution in [-0.4, -0.2) is 19.2 Å². The van der Waals surface area contributed by atoms with Gasteiger partial charge in [0.05, 0.1) is 13.0 Å². The molecule has 1 aromatic rings. The quantitative estimate of drug-likeness (QED) is 0.564. The van der Waals surface area contributed by atoms with Gasteiger partial charge in [-0.25, -0.2) is 4.39 Å². The van der Waals surface area contributed by atoms with E-state index in [0.29, 0.717) is 23.5 Å². The fourth-order valence-corrected chi connectivity index (χ4v) is 1.61. The first-order chi connectivity index (χ1) is 9.58. The molecule has 0 saturated heterocycles. The Balaban J connectivity index is 2.78. The summed E-state index contributed by atoms with van der Waals surface area (Å²) in [6.07, 6.45) is 1.55. The molecule has 0 atom stereocenters. The van der Waals surface area contributed by atoms with Crippen molar-refractivity contribution in [2.75, 3.05) is 13.2 Å². The minimum absolute atomic E-state index is 0.0751. The third kappa shape index (κ3) is 4.88. The fraction of sp³-hybridized carbons (Fsp3) is 0.312. The summed E-state index contributed by atoms with van der Waals surface area (Å²) in [6.45, 7) is 7.06. The van der Waals surface area contributed by atoms with Crippen molar-refractivity contribution in [3.05, 3.63) is 53.9 Å². The molecule has 0 aliphatic heterocycles. The Morgan fingerprint density at radius 1 is 1.40 bits per heavy atom. The molecule has 20 heavy (non-hydrogen) atoms. The largest absolute Gasteiger partial charge is 0.489 e. The molecule has 0 heterocycles. The topological polar surface area (TPSA) is 35.5 Å². The van der Waals surface area contributed by atoms with Gasteiger partial charge in [0.2, 0.25) is 0 Å². The highest BCUT2D eigenvalue weighted by molar-refractivity contribution is 5.73. The molecule has 0 fully saturated rings. The standard InChI is InChI=1S/C16H19FO3/c1-4-13(12(3)17)11-20-15-9-7-6-8-14(15)10-16(18)19-5-2/h4,6-9H,1,5,10-11H2,2-3H3/b13-12-. The molecule has 0 aromatic heterocycles. The van der Waals surface area contributed by atoms with Gasteiger partial charge in [-0.1, -0.05) is 30.9 Å². The molecule has 4 heteroatoms. The lowest BCUT2D eigenvalue weighted by Gasteiger charge is -2.11. The van der Waals surface area contributed by atoms with Gasteiger partial charge in [-0.3, -0.25) is 4.79 Å². The maximum atomic E-state index is 13.1. The highest BCUT2D eigenvalue weighted by atomic mass is 19.1. The van der Waals surface area contributed by atoms with Crippen LogP contribution in [0, 0.1) is 0 Å². The fourth-order valence-electron chi connectivity index (χ4n) is 1.61. The number of halogens is 1. The molecule has 1 aromatic carbocycles. The Hall–Kier alpha value is -2.10. The molecule has 0 aliphatic rings. The normalized spacial score (nSPS) is 11.6. The van der Waals surface area contributed by atoms with Crippen LogP contribution in [0.5, 0.6) is 5.75 Å². The smallest absolute Gasteiger partial charge is 0.310 e. The molecule has 0 unspecified atom stereocenters. The Morgan fingerprint density at radius 2 is 2.10 bits per heavy atom. The van der Waals surface area contributed by atoms with Crippen molar-refractivity contribution >= 4 is 5.97 Å². The first-order valence-electron chi connectivity index (χ1n) is 6.42. The minimum Gasteiger partial charge on any atom is -0.489 e. The van der Waals surface area contributed by atoms with Crippen molar-refractivity contribution in [3.63, 3.8) is 0 Å². The number of hydrogen-bond acceptors (Lipinski definition) is 3. The Bertz CT molecular complexity index is 502. The third-order valence-electron chi connectivity index (χ3n) is 2.68. The van der Waals surface area contributed by atoms with Crippen molar-refractivity contribution in [3.8, 4) is 5.75 Å². The van der Waals surface area contributed by atoms with Gasteiger partial charge in [0.1, 0.15) is 18.2 Å². The van der Waals surface area contributed by atoms with E-state index >= 15 is 0 Å². The van der Waals surface area contributed by atoms with E-state index in [1.165, 1.54) is 13.0 Å². The summed E-state index contributed by atoms with van der Waals surface area (Å²) in [5.74, 6) is -0.103. The number of carbonyl (C=O) groups is 1. The number of ether oxygens (including phenoxy) is 2. The second-order valence-electron chi connectivity index (χ2n) is 4.14. The van der Waals surface area contributed by atoms with Crippen LogP contribution in [0.25, 0.3) is 0 Å². The molecule has 1 rings (SSSR count). The molecule has 0 spiro atoms. The second-order valence-corrected chi connectivity index (χ2v) is 4.14. The van der Waals surface area contributed by atoms with Crippen LogP contribution < -0.4 is 4.74 Å². The van der Waals surface area contributed by atoms with Gasteiger partial charge >= 0.3 is 5.97 Å². The summed E-state index contributed by atoms with van der Waals surface area (Å²) in [4.78, 5) is 11.5. The Morgan fingerprint density at radius 3 is 2.70 bits per heavy atom. The number of hydrogen-bond donors (Lipinski definition) is 0. The summed E-state index contributed by atoms with van der Waals surface area (Å²) in [5, 5.41) is 0. The lowest BCUT2D eigenvalue weighted by atomic mass is 10.1. The van der Waals surface area contributed by atoms with E-state index < -0.39 is 0 Å². The van der Waals surface area contributed by atoms with E-state index in [2.05, 4.69) is 6.58 Å². The number of esters is 1. The first-order valence-corrected chi connectivity index (χ1v) is 6.42. The average molecular weight is 278 g/mol. The zero-order valence-electron chi connectivity index (χ0n) is 11.8. The van der Waals surface area contributed by atoms with Crippen LogP contribution in [0.3, 0.4) is 0 Å². The van der Waals surface area contributed by atoms with Crippen LogP contribution in [0.4, 0.5) is 4.39 Å². The SMILES string of the molecule is C=C/C(COc1ccccc1CC(=O)OCC)=C(\C)F. The zero-order valence-corrected chi connectivity index (χ0v) is 11.8. The molecule has 0 bridgehead atoms. The predicted octanol–water partition coefficient (Wildman–Crippen LogP) is 3.60. The number of rotatable bonds is 7. The molecule has 0 N–H and O–H groups in total. The monoisotopic (exact) mass is 278 g/mol. The van der Waals surface area contributed by atoms with Crippen LogP contribution >= 0.6 is 0 Å². The average Bonchev–Trinajstić information content (AvgIpc) is 2.41. The first kappa shape index (κ1) is 16.0. The van der Waals surface area contributed by atoms with Crippen molar-refractivity contribution in [2.45, 2.75) is 20.3 Å². The summed E-state index contributed by atoms with van der Waals surface area (Å²) < 4.78 is 23.6. The highest BCUT2D eigenvalue weighted by Crippen LogP contribution is 2.20. The highest BCUT2D eigenvalue weighted by Gasteiger charge is 2.10. The van der Waals surface area contributed by atoms with E-state index in [1.807, 2.05) is 6.07 Å². The second kappa shape index (κ2) is 8.15. The summed E-state index contributed by atoms with van der Waals surface area (Å²) in [5.41, 5.74) is 1.10. The van der Waals surface area contributed by atoms with Gasteiger partial charge in [-0.05, 0) is 19.9 Å². The maximum absolute atomic E-state index is 13.1. The van der Waals surface area contributed by atoms with Crippen LogP contribution in [0.2, 0.25) is 0 Å². The van der Waals surface area contributed by atoms with E-state index in [-0.39, 0.29) is 24.8 Å². The summed E-state index contributed by atoms with van der Waals surface area (Å²) in [6, 6.07) is 7.13. The lowest BCUT2D eigenvalue weighted by Crippen LogP contribution is -2.09. The summed E-state index contributed by atoms with van der Waals surface area (Å²) >= 11 is 0. The number of carbonyl (C=O) groups excluding carboxylic acids is 1. The Kier molecular flexibility index (Phi) is 6.50. The number of allylic oxidation sites excluding steroid dienone is 1. The minimum atomic E-state index is -0.331. The molecule has 0 amide bonds. The van der Waals surface area contributed by atoms with Gasteiger partial charge in [-0.2, -0.15) is 0 Å². The van der Waals surface area contributed by atoms with Gasteiger partial charge < -0.3 is 9.47 Å². The van der Waals surface area contributed by atoms with Gasteiger partial charge in [0.25, 0.3) is 0 Å². The van der Waals surface area contributed by atoms with Gasteiger partial charge in [-0.15, -0.1) is 0 Å². The predicted molar refractivity (Wildman–Crippen MR) is 76.3 cm³/mol. The van der Waals surface area contributed by atoms with Crippen LogP contribution in [0.15, 0.2) is 48.3 Å². The maximum Gasteiger partial charge on any atom is 0.310 e. The molecular formula is C16H19FO3. The Labute approximate surface area is 118 Å². The van der Waals surface area contributed by atoms with E-state index in [0.717, 1.165) is 0 Å². The van der Waals surface area contributed by atoms with Crippen molar-refractivity contribution in [2.24, 2.45) is 0 Å². The van der Waals surface area contributed by atoms with E-state index in [4.69, 9.17) is 9.47 Å². The van der Waals surface area contributed by atoms with Gasteiger partial charge in [0, 0.05) is 11.1 Å². The van der Waals surface area contributed by atoms with Crippen LogP contribution in [-0.2, 0) is 16.0 Å². The van der Waals surface area contributed by atoms with Gasteiger partial charge in [0.15, 0.2) is 0 Å². The molecule has 3 nitrogen and oxygen atoms in total. The number of benzene rings is 1. The molecule has 0 aliphatic carbocycles. The zero-order chi connectivity index (χ0) is 15.0. The molecular weight excluding hydrogens is 259 g/mol. The van der Waals surface area contributed by atoms with E-state index in [1.54, 1.807) is 25.1 Å². The lowest BCUT2D eigenvalue weighted by molar-refractivity contribution is -0.142.